The third-order valence-electron chi connectivity index (χ3n) is 4.32. The van der Waals surface area contributed by atoms with Crippen molar-refractivity contribution in [2.45, 2.75) is 18.4 Å². The Bertz CT molecular complexity index is 683. The van der Waals surface area contributed by atoms with Crippen molar-refractivity contribution in [1.29, 1.82) is 0 Å². The van der Waals surface area contributed by atoms with Gasteiger partial charge in [0.25, 0.3) is 0 Å². The van der Waals surface area contributed by atoms with Crippen molar-refractivity contribution in [3.05, 3.63) is 60.2 Å². The highest BCUT2D eigenvalue weighted by Gasteiger charge is 2.35. The number of piperidine rings is 1. The zero-order valence-electron chi connectivity index (χ0n) is 13.3. The molecule has 1 fully saturated rings. The van der Waals surface area contributed by atoms with Crippen LogP contribution in [0.25, 0.3) is 0 Å². The van der Waals surface area contributed by atoms with Gasteiger partial charge in [0, 0.05) is 25.0 Å². The monoisotopic (exact) mass is 329 g/mol. The van der Waals surface area contributed by atoms with Crippen LogP contribution in [0.5, 0.6) is 0 Å². The Labute approximate surface area is 140 Å². The number of likely N-dealkylation sites (tertiary alicyclic amines) is 1. The normalized spacial score (nSPS) is 17.4. The molecule has 2 aromatic rings. The van der Waals surface area contributed by atoms with Crippen molar-refractivity contribution >= 4 is 11.6 Å². The summed E-state index contributed by atoms with van der Waals surface area (Å²) in [4.78, 5) is 18.3. The van der Waals surface area contributed by atoms with Gasteiger partial charge in [0.2, 0.25) is 5.91 Å². The van der Waals surface area contributed by atoms with E-state index >= 15 is 0 Å². The molecule has 2 N–H and O–H groups in total. The van der Waals surface area contributed by atoms with E-state index in [0.29, 0.717) is 37.3 Å². The fraction of sp³-hybridized carbons (Fsp3) is 0.333. The smallest absolute Gasteiger partial charge is 0.238 e. The summed E-state index contributed by atoms with van der Waals surface area (Å²) in [6, 6.07) is 11.2. The van der Waals surface area contributed by atoms with Crippen LogP contribution in [-0.2, 0) is 10.4 Å². The minimum absolute atomic E-state index is 0.148. The summed E-state index contributed by atoms with van der Waals surface area (Å²) >= 11 is 0. The number of rotatable bonds is 4. The highest BCUT2D eigenvalue weighted by molar-refractivity contribution is 5.92. The van der Waals surface area contributed by atoms with Gasteiger partial charge in [-0.15, -0.1) is 0 Å². The largest absolute Gasteiger partial charge is 0.383 e. The van der Waals surface area contributed by atoms with Crippen LogP contribution in [0.3, 0.4) is 0 Å². The summed E-state index contributed by atoms with van der Waals surface area (Å²) in [5.74, 6) is -0.484. The molecule has 2 heterocycles. The van der Waals surface area contributed by atoms with Crippen molar-refractivity contribution in [3.63, 3.8) is 0 Å². The van der Waals surface area contributed by atoms with Crippen molar-refractivity contribution in [3.8, 4) is 0 Å². The van der Waals surface area contributed by atoms with Gasteiger partial charge in [0.05, 0.1) is 12.2 Å². The average molecular weight is 329 g/mol. The standard InChI is InChI=1S/C18H20FN3O2/c19-14-4-6-15(7-5-14)21-17(23)13-22-11-8-18(24,9-12-22)16-3-1-2-10-20-16/h1-7,10,24H,8-9,11-13H2,(H,21,23). The first-order chi connectivity index (χ1) is 11.5. The molecule has 0 bridgehead atoms. The number of nitrogens with one attached hydrogen (secondary N) is 1. The van der Waals surface area contributed by atoms with Crippen LogP contribution in [0.15, 0.2) is 48.7 Å². The third-order valence-corrected chi connectivity index (χ3v) is 4.32. The van der Waals surface area contributed by atoms with Crippen LogP contribution in [0.2, 0.25) is 0 Å². The molecule has 0 atom stereocenters. The number of nitrogens with zero attached hydrogens (tertiary/aromatic N) is 2. The number of carbonyl (C=O) groups is 1. The predicted octanol–water partition coefficient (Wildman–Crippen LogP) is 2.14. The van der Waals surface area contributed by atoms with E-state index < -0.39 is 5.60 Å². The molecule has 0 unspecified atom stereocenters. The maximum absolute atomic E-state index is 12.9. The van der Waals surface area contributed by atoms with Gasteiger partial charge in [-0.1, -0.05) is 6.07 Å². The van der Waals surface area contributed by atoms with Gasteiger partial charge in [0.15, 0.2) is 0 Å². The number of carbonyl (C=O) groups excluding carboxylic acids is 1. The molecule has 0 aliphatic carbocycles. The van der Waals surface area contributed by atoms with E-state index in [1.54, 1.807) is 6.20 Å². The Balaban J connectivity index is 1.52. The van der Waals surface area contributed by atoms with Crippen LogP contribution in [0, 0.1) is 5.82 Å². The topological polar surface area (TPSA) is 65.5 Å². The van der Waals surface area contributed by atoms with Crippen LogP contribution >= 0.6 is 0 Å². The number of halogens is 1. The highest BCUT2D eigenvalue weighted by Crippen LogP contribution is 2.31. The Morgan fingerprint density at radius 1 is 1.21 bits per heavy atom. The molecule has 1 saturated heterocycles. The van der Waals surface area contributed by atoms with E-state index in [1.807, 2.05) is 23.1 Å². The van der Waals surface area contributed by atoms with Gasteiger partial charge in [-0.25, -0.2) is 4.39 Å². The number of anilines is 1. The zero-order chi connectivity index (χ0) is 17.0. The van der Waals surface area contributed by atoms with Gasteiger partial charge in [-0.05, 0) is 49.2 Å². The molecular formula is C18H20FN3O2. The number of amides is 1. The summed E-state index contributed by atoms with van der Waals surface area (Å²) in [6.07, 6.45) is 2.75. The van der Waals surface area contributed by atoms with Gasteiger partial charge in [-0.3, -0.25) is 14.7 Å². The lowest BCUT2D eigenvalue weighted by Crippen LogP contribution is -2.45. The quantitative estimate of drug-likeness (QED) is 0.902. The minimum atomic E-state index is -0.925. The maximum atomic E-state index is 12.9. The minimum Gasteiger partial charge on any atom is -0.383 e. The number of hydrogen-bond donors (Lipinski definition) is 2. The number of aliphatic hydroxyl groups is 1. The predicted molar refractivity (Wildman–Crippen MR) is 88.8 cm³/mol. The fourth-order valence-electron chi connectivity index (χ4n) is 2.91. The molecule has 0 saturated carbocycles. The molecule has 0 radical (unpaired) electrons. The number of hydrogen-bond acceptors (Lipinski definition) is 4. The first kappa shape index (κ1) is 16.5. The molecule has 1 amide bonds. The van der Waals surface area contributed by atoms with E-state index in [-0.39, 0.29) is 18.3 Å². The summed E-state index contributed by atoms with van der Waals surface area (Å²) in [7, 11) is 0. The van der Waals surface area contributed by atoms with Gasteiger partial charge < -0.3 is 10.4 Å². The summed E-state index contributed by atoms with van der Waals surface area (Å²) < 4.78 is 12.9. The molecule has 1 aliphatic heterocycles. The molecule has 5 nitrogen and oxygen atoms in total. The van der Waals surface area contributed by atoms with Crippen LogP contribution in [0.4, 0.5) is 10.1 Å². The van der Waals surface area contributed by atoms with E-state index in [4.69, 9.17) is 0 Å². The van der Waals surface area contributed by atoms with Crippen LogP contribution in [0.1, 0.15) is 18.5 Å². The molecule has 24 heavy (non-hydrogen) atoms. The second kappa shape index (κ2) is 7.07. The highest BCUT2D eigenvalue weighted by atomic mass is 19.1. The van der Waals surface area contributed by atoms with Gasteiger partial charge in [-0.2, -0.15) is 0 Å². The Hall–Kier alpha value is -2.31. The molecule has 1 aromatic heterocycles. The van der Waals surface area contributed by atoms with Crippen molar-refractivity contribution < 1.29 is 14.3 Å². The lowest BCUT2D eigenvalue weighted by atomic mass is 9.88. The Morgan fingerprint density at radius 2 is 1.92 bits per heavy atom. The summed E-state index contributed by atoms with van der Waals surface area (Å²) in [5, 5.41) is 13.5. The maximum Gasteiger partial charge on any atom is 0.238 e. The van der Waals surface area contributed by atoms with Gasteiger partial charge in [0.1, 0.15) is 11.4 Å². The lowest BCUT2D eigenvalue weighted by Gasteiger charge is -2.37. The Kier molecular flexibility index (Phi) is 4.87. The molecular weight excluding hydrogens is 309 g/mol. The van der Waals surface area contributed by atoms with E-state index in [9.17, 15) is 14.3 Å². The second-order valence-electron chi connectivity index (χ2n) is 6.08. The number of aromatic nitrogens is 1. The molecule has 3 rings (SSSR count). The first-order valence-corrected chi connectivity index (χ1v) is 7.97. The lowest BCUT2D eigenvalue weighted by molar-refractivity contribution is -0.118. The molecule has 1 aliphatic rings. The summed E-state index contributed by atoms with van der Waals surface area (Å²) in [6.45, 7) is 1.48. The van der Waals surface area contributed by atoms with Crippen LogP contribution in [-0.4, -0.2) is 40.5 Å². The van der Waals surface area contributed by atoms with E-state index in [2.05, 4.69) is 10.3 Å². The molecule has 6 heteroatoms. The molecule has 1 aromatic carbocycles. The Morgan fingerprint density at radius 3 is 2.54 bits per heavy atom. The summed E-state index contributed by atoms with van der Waals surface area (Å²) in [5.41, 5.74) is 0.328. The fourth-order valence-corrected chi connectivity index (χ4v) is 2.91. The van der Waals surface area contributed by atoms with Crippen molar-refractivity contribution in [2.24, 2.45) is 0 Å². The number of pyridine rings is 1. The van der Waals surface area contributed by atoms with E-state index in [0.717, 1.165) is 0 Å². The average Bonchev–Trinajstić information content (AvgIpc) is 2.60. The SMILES string of the molecule is O=C(CN1CCC(O)(c2ccccn2)CC1)Nc1ccc(F)cc1. The van der Waals surface area contributed by atoms with Crippen molar-refractivity contribution in [2.75, 3.05) is 25.0 Å². The van der Waals surface area contributed by atoms with Crippen molar-refractivity contribution in [1.82, 2.24) is 9.88 Å². The molecule has 0 spiro atoms. The van der Waals surface area contributed by atoms with Gasteiger partial charge >= 0.3 is 0 Å². The first-order valence-electron chi connectivity index (χ1n) is 7.97. The van der Waals surface area contributed by atoms with Crippen LogP contribution < -0.4 is 5.32 Å². The number of benzene rings is 1. The third kappa shape index (κ3) is 3.96. The van der Waals surface area contributed by atoms with E-state index in [1.165, 1.54) is 24.3 Å². The molecule has 126 valence electrons. The second-order valence-corrected chi connectivity index (χ2v) is 6.08. The zero-order valence-corrected chi connectivity index (χ0v) is 13.3.